The Morgan fingerprint density at radius 1 is 1.00 bits per heavy atom. The van der Waals surface area contributed by atoms with E-state index in [4.69, 9.17) is 5.11 Å². The number of hydrogen-bond donors (Lipinski definition) is 1. The molecule has 0 amide bonds. The molecule has 0 unspecified atom stereocenters. The van der Waals surface area contributed by atoms with Gasteiger partial charge in [0.15, 0.2) is 0 Å². The van der Waals surface area contributed by atoms with E-state index in [9.17, 15) is 25.2 Å². The number of hydrogen-bond acceptors (Lipinski definition) is 1. The quantitative estimate of drug-likeness (QED) is 0.469. The van der Waals surface area contributed by atoms with Crippen LogP contribution in [0, 0.1) is 0 Å². The third-order valence-corrected chi connectivity index (χ3v) is 1.56. The van der Waals surface area contributed by atoms with Crippen molar-refractivity contribution in [1.82, 2.24) is 0 Å². The van der Waals surface area contributed by atoms with Crippen molar-refractivity contribution in [2.75, 3.05) is 33.8 Å². The van der Waals surface area contributed by atoms with Crippen LogP contribution in [0.2, 0.25) is 0 Å². The van der Waals surface area contributed by atoms with Gasteiger partial charge in [-0.05, 0) is 6.92 Å². The van der Waals surface area contributed by atoms with Gasteiger partial charge in [-0.25, -0.2) is 0 Å². The number of quaternary nitrogens is 1. The molecule has 0 rings (SSSR count). The van der Waals surface area contributed by atoms with Crippen LogP contribution in [0.15, 0.2) is 0 Å². The summed E-state index contributed by atoms with van der Waals surface area (Å²) in [4.78, 5) is 0. The molecule has 0 heterocycles. The fourth-order valence-corrected chi connectivity index (χ4v) is 0.429. The summed E-state index contributed by atoms with van der Waals surface area (Å²) in [6, 6.07) is 0. The number of rotatable bonds is 3. The molecule has 0 fully saturated rings. The predicted molar refractivity (Wildman–Crippen MR) is 48.2 cm³/mol. The fraction of sp³-hybridized carbons (Fsp3) is 1.00. The van der Waals surface area contributed by atoms with E-state index in [1.165, 1.54) is 0 Å². The zero-order valence-electron chi connectivity index (χ0n) is 8.73. The second-order valence-corrected chi connectivity index (χ2v) is 5.57. The summed E-state index contributed by atoms with van der Waals surface area (Å²) >= 11 is 0. The molecule has 0 spiro atoms. The third kappa shape index (κ3) is 41.3. The molecule has 0 aliphatic rings. The zero-order valence-corrected chi connectivity index (χ0v) is 9.63. The minimum absolute atomic E-state index is 0.292. The summed E-state index contributed by atoms with van der Waals surface area (Å²) in [6.45, 7) is 4.35. The summed E-state index contributed by atoms with van der Waals surface area (Å²) in [5.74, 6) is 0. The zero-order chi connectivity index (χ0) is 13.0. The van der Waals surface area contributed by atoms with Crippen LogP contribution in [0.5, 0.6) is 0 Å². The summed E-state index contributed by atoms with van der Waals surface area (Å²) in [5.41, 5.74) is 0. The van der Waals surface area contributed by atoms with E-state index in [2.05, 4.69) is 21.0 Å². The topological polar surface area (TPSA) is 20.2 Å². The van der Waals surface area contributed by atoms with Gasteiger partial charge in [0.25, 0.3) is 0 Å². The van der Waals surface area contributed by atoms with Gasteiger partial charge in [-0.2, -0.15) is 0 Å². The van der Waals surface area contributed by atoms with Gasteiger partial charge in [-0.1, -0.05) is 0 Å². The summed E-state index contributed by atoms with van der Waals surface area (Å²) < 4.78 is 60.1. The van der Waals surface area contributed by atoms with Crippen LogP contribution in [0.1, 0.15) is 6.92 Å². The van der Waals surface area contributed by atoms with Gasteiger partial charge in [-0.3, -0.25) is 0 Å². The Morgan fingerprint density at radius 2 is 1.27 bits per heavy atom. The molecule has 0 aromatic heterocycles. The first-order valence-electron chi connectivity index (χ1n) is 4.06. The molecule has 0 aliphatic carbocycles. The molecule has 0 aromatic carbocycles. The van der Waals surface area contributed by atoms with E-state index in [1.54, 1.807) is 0 Å². The Balaban J connectivity index is 0. The number of likely N-dealkylation sites (N-methyl/N-ethyl adjacent to an activating group) is 1. The van der Waals surface area contributed by atoms with E-state index in [1.807, 2.05) is 0 Å². The first-order valence-corrected chi connectivity index (χ1v) is 6.09. The molecule has 0 saturated carbocycles. The number of halogens is 6. The molecule has 2 nitrogen and oxygen atoms in total. The number of nitrogens with zero attached hydrogens (tertiary/aromatic N) is 1. The molecule has 9 heteroatoms. The first kappa shape index (κ1) is 17.3. The maximum atomic E-state index is 9.87. The Bertz CT molecular complexity index is 185. The second-order valence-electron chi connectivity index (χ2n) is 3.66. The van der Waals surface area contributed by atoms with Crippen LogP contribution >= 0.6 is 7.81 Å². The van der Waals surface area contributed by atoms with Crippen LogP contribution < -0.4 is 0 Å². The molecule has 98 valence electrons. The fourth-order valence-electron chi connectivity index (χ4n) is 0.429. The van der Waals surface area contributed by atoms with E-state index in [0.717, 1.165) is 17.6 Å². The summed E-state index contributed by atoms with van der Waals surface area (Å²) in [5, 5.41) is 8.52. The molecule has 0 atom stereocenters. The van der Waals surface area contributed by atoms with Crippen molar-refractivity contribution in [3.8, 4) is 0 Å². The molecule has 0 aromatic rings. The van der Waals surface area contributed by atoms with E-state index >= 15 is 0 Å². The molecule has 0 saturated heterocycles. The number of aliphatic hydroxyl groups is 1. The summed E-state index contributed by atoms with van der Waals surface area (Å²) in [6.07, 6.45) is 0. The van der Waals surface area contributed by atoms with Gasteiger partial charge in [0.1, 0.15) is 6.54 Å². The standard InChI is InChI=1S/C6H16NO.F6P/c1-4-7(2,3)5-6-8;1-7(2,3,4,5)6/h8H,4-6H2,1-3H3;/q+1;-1. The van der Waals surface area contributed by atoms with E-state index in [-0.39, 0.29) is 0 Å². The molecule has 0 aliphatic heterocycles. The Kier molecular flexibility index (Phi) is 4.70. The molecule has 1 N–H and O–H groups in total. The van der Waals surface area contributed by atoms with Gasteiger partial charge >= 0.3 is 33.0 Å². The van der Waals surface area contributed by atoms with Gasteiger partial charge in [0.2, 0.25) is 0 Å². The average Bonchev–Trinajstić information content (AvgIpc) is 1.80. The first-order chi connectivity index (χ1) is 6.07. The van der Waals surface area contributed by atoms with Crippen molar-refractivity contribution in [3.63, 3.8) is 0 Å². The van der Waals surface area contributed by atoms with Gasteiger partial charge in [0.05, 0.1) is 27.2 Å². The van der Waals surface area contributed by atoms with Crippen molar-refractivity contribution >= 4 is 7.81 Å². The molecular formula is C6H16F6NOP. The number of aliphatic hydroxyl groups excluding tert-OH is 1. The van der Waals surface area contributed by atoms with Crippen molar-refractivity contribution in [2.24, 2.45) is 0 Å². The third-order valence-electron chi connectivity index (χ3n) is 1.56. The summed E-state index contributed by atoms with van der Waals surface area (Å²) in [7, 11) is -6.44. The predicted octanol–water partition coefficient (Wildman–Crippen LogP) is 3.46. The van der Waals surface area contributed by atoms with Gasteiger partial charge in [0, 0.05) is 0 Å². The molecule has 0 bridgehead atoms. The SMILES string of the molecule is CC[N+](C)(C)CCO.F[P-](F)(F)(F)(F)F. The van der Waals surface area contributed by atoms with Gasteiger partial charge < -0.3 is 9.59 Å². The Morgan fingerprint density at radius 3 is 1.33 bits per heavy atom. The van der Waals surface area contributed by atoms with Crippen LogP contribution in [-0.4, -0.2) is 43.4 Å². The monoisotopic (exact) mass is 263 g/mol. The minimum atomic E-state index is -10.7. The Hall–Kier alpha value is -0.0700. The molecule has 0 radical (unpaired) electrons. The van der Waals surface area contributed by atoms with E-state index < -0.39 is 7.81 Å². The van der Waals surface area contributed by atoms with Gasteiger partial charge in [-0.15, -0.1) is 0 Å². The van der Waals surface area contributed by atoms with Crippen molar-refractivity contribution in [2.45, 2.75) is 6.92 Å². The Labute approximate surface area is 84.3 Å². The maximum absolute atomic E-state index is 10.7. The van der Waals surface area contributed by atoms with E-state index in [0.29, 0.717) is 6.61 Å². The van der Waals surface area contributed by atoms with Crippen LogP contribution in [0.4, 0.5) is 25.2 Å². The van der Waals surface area contributed by atoms with Crippen molar-refractivity contribution < 1.29 is 34.8 Å². The normalized spacial score (nSPS) is 17.2. The second kappa shape index (κ2) is 4.07. The van der Waals surface area contributed by atoms with Crippen LogP contribution in [-0.2, 0) is 0 Å². The average molecular weight is 263 g/mol. The van der Waals surface area contributed by atoms with Crippen molar-refractivity contribution in [3.05, 3.63) is 0 Å². The van der Waals surface area contributed by atoms with Crippen LogP contribution in [0.25, 0.3) is 0 Å². The van der Waals surface area contributed by atoms with Crippen molar-refractivity contribution in [1.29, 1.82) is 0 Å². The molecular weight excluding hydrogens is 247 g/mol. The van der Waals surface area contributed by atoms with Crippen LogP contribution in [0.3, 0.4) is 0 Å². The molecule has 15 heavy (non-hydrogen) atoms.